The molecule has 0 atom stereocenters. The zero-order valence-corrected chi connectivity index (χ0v) is 6.17. The Balaban J connectivity index is 3.19. The second kappa shape index (κ2) is 2.84. The summed E-state index contributed by atoms with van der Waals surface area (Å²) in [5.41, 5.74) is 0.719. The van der Waals surface area contributed by atoms with Crippen molar-refractivity contribution < 1.29 is 8.42 Å². The Labute approximate surface area is 61.5 Å². The van der Waals surface area contributed by atoms with Crippen molar-refractivity contribution in [2.75, 3.05) is 0 Å². The maximum Gasteiger partial charge on any atom is 0.168 e. The third-order valence-electron chi connectivity index (χ3n) is 1.12. The van der Waals surface area contributed by atoms with Gasteiger partial charge in [-0.15, -0.1) is 0 Å². The standard InChI is InChI=1S/C7H7O2S/c1-6-3-2-4-7(5-6)10(8)9/h2-5,10H,1H2. The zero-order chi connectivity index (χ0) is 7.56. The van der Waals surface area contributed by atoms with Gasteiger partial charge in [0.2, 0.25) is 0 Å². The summed E-state index contributed by atoms with van der Waals surface area (Å²) >= 11 is 0. The summed E-state index contributed by atoms with van der Waals surface area (Å²) in [6.45, 7) is 3.60. The quantitative estimate of drug-likeness (QED) is 0.610. The lowest BCUT2D eigenvalue weighted by Gasteiger charge is -1.90. The minimum atomic E-state index is -2.45. The monoisotopic (exact) mass is 155 g/mol. The summed E-state index contributed by atoms with van der Waals surface area (Å²) in [4.78, 5) is 0.322. The Morgan fingerprint density at radius 1 is 1.30 bits per heavy atom. The van der Waals surface area contributed by atoms with Crippen molar-refractivity contribution in [2.24, 2.45) is 0 Å². The first-order valence-electron chi connectivity index (χ1n) is 2.76. The lowest BCUT2D eigenvalue weighted by Crippen LogP contribution is -1.79. The number of benzene rings is 1. The van der Waals surface area contributed by atoms with Crippen LogP contribution in [0.25, 0.3) is 0 Å². The Bertz CT molecular complexity index is 294. The van der Waals surface area contributed by atoms with Crippen LogP contribution in [0.2, 0.25) is 0 Å². The van der Waals surface area contributed by atoms with E-state index in [1.165, 1.54) is 6.07 Å². The average molecular weight is 155 g/mol. The topological polar surface area (TPSA) is 34.1 Å². The fourth-order valence-corrected chi connectivity index (χ4v) is 1.15. The molecule has 1 rings (SSSR count). The molecule has 0 aliphatic rings. The van der Waals surface area contributed by atoms with Crippen LogP contribution in [0.15, 0.2) is 29.2 Å². The van der Waals surface area contributed by atoms with Gasteiger partial charge in [0.25, 0.3) is 0 Å². The maximum absolute atomic E-state index is 10.4. The van der Waals surface area contributed by atoms with Gasteiger partial charge in [0, 0.05) is 0 Å². The molecule has 0 amide bonds. The largest absolute Gasteiger partial charge is 0.227 e. The minimum Gasteiger partial charge on any atom is -0.227 e. The van der Waals surface area contributed by atoms with Gasteiger partial charge in [-0.2, -0.15) is 0 Å². The highest BCUT2D eigenvalue weighted by molar-refractivity contribution is 7.72. The number of thiol groups is 1. The van der Waals surface area contributed by atoms with Gasteiger partial charge in [0.15, 0.2) is 10.7 Å². The summed E-state index contributed by atoms with van der Waals surface area (Å²) in [5.74, 6) is 0. The molecule has 0 aromatic heterocycles. The van der Waals surface area contributed by atoms with Gasteiger partial charge in [0.05, 0.1) is 4.90 Å². The van der Waals surface area contributed by atoms with Gasteiger partial charge in [-0.25, -0.2) is 8.42 Å². The third kappa shape index (κ3) is 1.57. The fourth-order valence-electron chi connectivity index (χ4n) is 0.670. The first kappa shape index (κ1) is 7.28. The van der Waals surface area contributed by atoms with Gasteiger partial charge in [-0.3, -0.25) is 0 Å². The van der Waals surface area contributed by atoms with Gasteiger partial charge < -0.3 is 0 Å². The first-order valence-corrected chi connectivity index (χ1v) is 3.94. The average Bonchev–Trinajstić information content (AvgIpc) is 1.88. The highest BCUT2D eigenvalue weighted by Crippen LogP contribution is 2.03. The van der Waals surface area contributed by atoms with Crippen molar-refractivity contribution in [2.45, 2.75) is 4.90 Å². The molecule has 0 spiro atoms. The van der Waals surface area contributed by atoms with Crippen molar-refractivity contribution in [1.29, 1.82) is 0 Å². The van der Waals surface area contributed by atoms with Crippen molar-refractivity contribution in [3.8, 4) is 0 Å². The number of rotatable bonds is 1. The molecule has 2 nitrogen and oxygen atoms in total. The van der Waals surface area contributed by atoms with Gasteiger partial charge in [-0.05, 0) is 24.6 Å². The molecular weight excluding hydrogens is 148 g/mol. The smallest absolute Gasteiger partial charge is 0.168 e. The predicted molar refractivity (Wildman–Crippen MR) is 39.5 cm³/mol. The van der Waals surface area contributed by atoms with E-state index in [1.54, 1.807) is 18.2 Å². The van der Waals surface area contributed by atoms with Crippen LogP contribution in [0.4, 0.5) is 0 Å². The molecule has 0 unspecified atom stereocenters. The molecular formula is C7H7O2S. The van der Waals surface area contributed by atoms with Crippen LogP contribution in [0.3, 0.4) is 0 Å². The first-order chi connectivity index (χ1) is 4.70. The number of hydrogen-bond donors (Lipinski definition) is 1. The van der Waals surface area contributed by atoms with E-state index < -0.39 is 10.7 Å². The molecule has 0 N–H and O–H groups in total. The van der Waals surface area contributed by atoms with Gasteiger partial charge >= 0.3 is 0 Å². The van der Waals surface area contributed by atoms with Crippen molar-refractivity contribution in [3.63, 3.8) is 0 Å². The lowest BCUT2D eigenvalue weighted by atomic mass is 10.2. The Kier molecular flexibility index (Phi) is 2.06. The van der Waals surface area contributed by atoms with E-state index in [9.17, 15) is 8.42 Å². The maximum atomic E-state index is 10.4. The summed E-state index contributed by atoms with van der Waals surface area (Å²) in [6.07, 6.45) is 0. The molecule has 1 radical (unpaired) electrons. The van der Waals surface area contributed by atoms with E-state index in [1.807, 2.05) is 0 Å². The molecule has 0 fully saturated rings. The van der Waals surface area contributed by atoms with Crippen LogP contribution in [-0.2, 0) is 10.7 Å². The highest BCUT2D eigenvalue weighted by atomic mass is 32.2. The molecule has 0 aliphatic carbocycles. The lowest BCUT2D eigenvalue weighted by molar-refractivity contribution is 0.614. The predicted octanol–water partition coefficient (Wildman–Crippen LogP) is 0.839. The second-order valence-corrected chi connectivity index (χ2v) is 2.96. The molecule has 0 saturated heterocycles. The van der Waals surface area contributed by atoms with E-state index in [4.69, 9.17) is 0 Å². The number of hydrogen-bond acceptors (Lipinski definition) is 2. The molecule has 0 bridgehead atoms. The fraction of sp³-hybridized carbons (Fsp3) is 0. The molecule has 3 heteroatoms. The molecule has 0 aliphatic heterocycles. The van der Waals surface area contributed by atoms with Crippen molar-refractivity contribution in [3.05, 3.63) is 36.8 Å². The minimum absolute atomic E-state index is 0.322. The molecule has 0 saturated carbocycles. The normalized spacial score (nSPS) is 10.2. The summed E-state index contributed by atoms with van der Waals surface area (Å²) in [7, 11) is -2.45. The molecule has 53 valence electrons. The van der Waals surface area contributed by atoms with Crippen LogP contribution in [-0.4, -0.2) is 8.42 Å². The van der Waals surface area contributed by atoms with Crippen LogP contribution in [0.5, 0.6) is 0 Å². The van der Waals surface area contributed by atoms with E-state index >= 15 is 0 Å². The summed E-state index contributed by atoms with van der Waals surface area (Å²) in [5, 5.41) is 0. The van der Waals surface area contributed by atoms with E-state index in [0.717, 1.165) is 5.56 Å². The Morgan fingerprint density at radius 2 is 2.00 bits per heavy atom. The van der Waals surface area contributed by atoms with Gasteiger partial charge in [-0.1, -0.05) is 12.1 Å². The highest BCUT2D eigenvalue weighted by Gasteiger charge is 1.91. The van der Waals surface area contributed by atoms with E-state index in [2.05, 4.69) is 6.92 Å². The Morgan fingerprint density at radius 3 is 2.40 bits per heavy atom. The van der Waals surface area contributed by atoms with E-state index in [-0.39, 0.29) is 0 Å². The van der Waals surface area contributed by atoms with Crippen LogP contribution >= 0.6 is 0 Å². The Hall–Kier alpha value is -0.830. The van der Waals surface area contributed by atoms with E-state index in [0.29, 0.717) is 4.90 Å². The molecule has 1 aromatic rings. The molecule has 10 heavy (non-hydrogen) atoms. The van der Waals surface area contributed by atoms with Crippen molar-refractivity contribution in [1.82, 2.24) is 0 Å². The van der Waals surface area contributed by atoms with Crippen LogP contribution < -0.4 is 0 Å². The van der Waals surface area contributed by atoms with Gasteiger partial charge in [0.1, 0.15) is 0 Å². The third-order valence-corrected chi connectivity index (χ3v) is 1.82. The molecule has 0 heterocycles. The van der Waals surface area contributed by atoms with Crippen LogP contribution in [0, 0.1) is 6.92 Å². The van der Waals surface area contributed by atoms with Crippen LogP contribution in [0.1, 0.15) is 5.56 Å². The molecule has 1 aromatic carbocycles. The zero-order valence-electron chi connectivity index (χ0n) is 5.28. The van der Waals surface area contributed by atoms with Crippen molar-refractivity contribution >= 4 is 10.7 Å². The second-order valence-electron chi connectivity index (χ2n) is 1.93. The SMILES string of the molecule is [CH2]c1cccc([SH](=O)=O)c1. The summed E-state index contributed by atoms with van der Waals surface area (Å²) < 4.78 is 20.7. The summed E-state index contributed by atoms with van der Waals surface area (Å²) in [6, 6.07) is 6.50.